The van der Waals surface area contributed by atoms with Crippen LogP contribution in [0, 0.1) is 5.92 Å². The lowest BCUT2D eigenvalue weighted by molar-refractivity contribution is -0.141. The number of halogens is 1. The number of ether oxygens (including phenoxy) is 1. The van der Waals surface area contributed by atoms with E-state index in [9.17, 15) is 27.6 Å². The highest BCUT2D eigenvalue weighted by atomic mass is 35.5. The largest absolute Gasteiger partial charge is 0.444 e. The molecule has 45 heavy (non-hydrogen) atoms. The van der Waals surface area contributed by atoms with Gasteiger partial charge in [0, 0.05) is 31.1 Å². The summed E-state index contributed by atoms with van der Waals surface area (Å²) in [5.41, 5.74) is -1.55. The van der Waals surface area contributed by atoms with E-state index < -0.39 is 57.3 Å². The van der Waals surface area contributed by atoms with Crippen molar-refractivity contribution in [2.24, 2.45) is 5.92 Å². The first-order valence-corrected chi connectivity index (χ1v) is 17.2. The molecular formula is C31H44ClN5O7S. The van der Waals surface area contributed by atoms with Crippen LogP contribution in [0.3, 0.4) is 0 Å². The van der Waals surface area contributed by atoms with E-state index >= 15 is 0 Å². The summed E-state index contributed by atoms with van der Waals surface area (Å²) in [6.07, 6.45) is 7.65. The quantitative estimate of drug-likeness (QED) is 0.394. The number of hydrogen-bond donors (Lipinski definition) is 3. The molecule has 1 aliphatic carbocycles. The molecule has 0 aromatic heterocycles. The second-order valence-corrected chi connectivity index (χ2v) is 15.3. The summed E-state index contributed by atoms with van der Waals surface area (Å²) >= 11 is 5.93. The second kappa shape index (κ2) is 14.1. The lowest BCUT2D eigenvalue weighted by Crippen LogP contribution is -2.59. The van der Waals surface area contributed by atoms with Crippen LogP contribution in [0.5, 0.6) is 0 Å². The Labute approximate surface area is 270 Å². The number of rotatable bonds is 6. The number of carbonyl (C=O) groups is 4. The molecule has 1 saturated heterocycles. The zero-order valence-corrected chi connectivity index (χ0v) is 27.9. The minimum Gasteiger partial charge on any atom is -0.444 e. The number of nitrogens with zero attached hydrogens (tertiary/aromatic N) is 2. The molecule has 2 heterocycles. The summed E-state index contributed by atoms with van der Waals surface area (Å²) < 4.78 is 34.9. The van der Waals surface area contributed by atoms with Crippen LogP contribution in [-0.2, 0) is 35.9 Å². The van der Waals surface area contributed by atoms with Gasteiger partial charge in [-0.2, -0.15) is 12.7 Å². The first kappa shape index (κ1) is 34.7. The maximum Gasteiger partial charge on any atom is 0.408 e. The topological polar surface area (TPSA) is 154 Å². The average Bonchev–Trinajstić information content (AvgIpc) is 3.40. The molecule has 12 nitrogen and oxygen atoms in total. The Morgan fingerprint density at radius 3 is 2.51 bits per heavy atom. The van der Waals surface area contributed by atoms with E-state index in [-0.39, 0.29) is 18.9 Å². The van der Waals surface area contributed by atoms with Crippen LogP contribution in [0.25, 0.3) is 0 Å². The highest BCUT2D eigenvalue weighted by Gasteiger charge is 2.61. The third kappa shape index (κ3) is 8.98. The number of carbonyl (C=O) groups excluding carboxylic acids is 4. The average molecular weight is 666 g/mol. The highest BCUT2D eigenvalue weighted by molar-refractivity contribution is 7.87. The van der Waals surface area contributed by atoms with Crippen molar-refractivity contribution in [3.8, 4) is 0 Å². The normalized spacial score (nSPS) is 26.9. The summed E-state index contributed by atoms with van der Waals surface area (Å²) in [6.45, 7) is 5.52. The van der Waals surface area contributed by atoms with Crippen molar-refractivity contribution in [2.75, 3.05) is 13.6 Å². The third-order valence-corrected chi connectivity index (χ3v) is 9.92. The fourth-order valence-corrected chi connectivity index (χ4v) is 6.78. The van der Waals surface area contributed by atoms with Crippen LogP contribution in [0.1, 0.15) is 77.7 Å². The minimum atomic E-state index is -4.26. The Kier molecular flexibility index (Phi) is 10.9. The molecule has 0 bridgehead atoms. The van der Waals surface area contributed by atoms with E-state index in [0.717, 1.165) is 17.1 Å². The standard InChI is InChI=1S/C31H44ClN5O7S/c1-30(2,3)44-29(41)33-24-12-9-7-5-6-8-11-22-19-31(22,34-26(38)25-13-10-18-37(25)27(24)39)28(40)35-45(42,43)36(4)20-21-14-16-23(32)17-15-21/h8,11,14-17,22,24-25H,5-7,9-10,12-13,18-20H2,1-4H3,(H,33,41)(H,34,38)(H,35,40)/b11-8-/t22-,24-,25-,31+/m0/s1. The zero-order valence-electron chi connectivity index (χ0n) is 26.3. The van der Waals surface area contributed by atoms with E-state index in [2.05, 4.69) is 15.4 Å². The summed E-state index contributed by atoms with van der Waals surface area (Å²) in [5, 5.41) is 6.05. The van der Waals surface area contributed by atoms with Crippen LogP contribution in [-0.4, -0.2) is 78.3 Å². The van der Waals surface area contributed by atoms with Crippen LogP contribution in [0.15, 0.2) is 36.4 Å². The van der Waals surface area contributed by atoms with Gasteiger partial charge in [0.2, 0.25) is 11.8 Å². The molecule has 2 fully saturated rings. The molecule has 1 aromatic rings. The first-order chi connectivity index (χ1) is 21.1. The fraction of sp³-hybridized carbons (Fsp3) is 0.613. The van der Waals surface area contributed by atoms with Crippen LogP contribution in [0.4, 0.5) is 4.79 Å². The zero-order chi connectivity index (χ0) is 33.0. The Balaban J connectivity index is 1.52. The molecule has 14 heteroatoms. The van der Waals surface area contributed by atoms with Gasteiger partial charge in [0.05, 0.1) is 0 Å². The second-order valence-electron chi connectivity index (χ2n) is 13.0. The van der Waals surface area contributed by atoms with Gasteiger partial charge >= 0.3 is 16.3 Å². The van der Waals surface area contributed by atoms with Crippen LogP contribution >= 0.6 is 11.6 Å². The monoisotopic (exact) mass is 665 g/mol. The summed E-state index contributed by atoms with van der Waals surface area (Å²) in [4.78, 5) is 55.1. The van der Waals surface area contributed by atoms with Crippen molar-refractivity contribution in [1.29, 1.82) is 0 Å². The number of nitrogens with one attached hydrogen (secondary N) is 3. The van der Waals surface area contributed by atoms with Gasteiger partial charge in [-0.05, 0) is 77.0 Å². The van der Waals surface area contributed by atoms with Crippen LogP contribution < -0.4 is 15.4 Å². The third-order valence-electron chi connectivity index (χ3n) is 8.28. The molecule has 4 rings (SSSR count). The maximum atomic E-state index is 13.7. The molecule has 3 aliphatic rings. The summed E-state index contributed by atoms with van der Waals surface area (Å²) in [6, 6.07) is 4.94. The molecule has 4 amide bonds. The van der Waals surface area contributed by atoms with Gasteiger partial charge in [0.1, 0.15) is 23.2 Å². The van der Waals surface area contributed by atoms with Crippen molar-refractivity contribution >= 4 is 45.6 Å². The van der Waals surface area contributed by atoms with Crippen molar-refractivity contribution in [2.45, 2.75) is 102 Å². The Hall–Kier alpha value is -3.16. The van der Waals surface area contributed by atoms with Gasteiger partial charge < -0.3 is 20.3 Å². The lowest BCUT2D eigenvalue weighted by atomic mass is 10.0. The Morgan fingerprint density at radius 1 is 1.11 bits per heavy atom. The van der Waals surface area contributed by atoms with E-state index in [0.29, 0.717) is 49.2 Å². The van der Waals surface area contributed by atoms with E-state index in [1.54, 1.807) is 45.0 Å². The molecule has 0 radical (unpaired) electrons. The number of alkyl carbamates (subject to hydrolysis) is 1. The van der Waals surface area contributed by atoms with Gasteiger partial charge in [0.25, 0.3) is 5.91 Å². The van der Waals surface area contributed by atoms with Crippen molar-refractivity contribution in [1.82, 2.24) is 24.6 Å². The van der Waals surface area contributed by atoms with Crippen molar-refractivity contribution < 1.29 is 32.3 Å². The lowest BCUT2D eigenvalue weighted by Gasteiger charge is -2.30. The van der Waals surface area contributed by atoms with Gasteiger partial charge in [0.15, 0.2) is 0 Å². The van der Waals surface area contributed by atoms with Gasteiger partial charge in [-0.1, -0.05) is 48.7 Å². The SMILES string of the molecule is CN(Cc1ccc(Cl)cc1)S(=O)(=O)NC(=O)[C@@]12C[C@@H]1/C=C\CCCCC[C@H](NC(=O)OC(C)(C)C)C(=O)N1CCC[C@H]1C(=O)N2. The number of benzene rings is 1. The minimum absolute atomic E-state index is 0.000115. The van der Waals surface area contributed by atoms with Crippen molar-refractivity contribution in [3.05, 3.63) is 47.0 Å². The van der Waals surface area contributed by atoms with Gasteiger partial charge in [-0.3, -0.25) is 14.4 Å². The molecule has 0 spiro atoms. The predicted molar refractivity (Wildman–Crippen MR) is 169 cm³/mol. The smallest absolute Gasteiger partial charge is 0.408 e. The molecule has 1 saturated carbocycles. The number of allylic oxidation sites excluding steroid dienone is 1. The fourth-order valence-electron chi connectivity index (χ4n) is 5.76. The highest BCUT2D eigenvalue weighted by Crippen LogP contribution is 2.45. The molecule has 2 aliphatic heterocycles. The number of hydrogen-bond acceptors (Lipinski definition) is 7. The van der Waals surface area contributed by atoms with E-state index in [4.69, 9.17) is 16.3 Å². The van der Waals surface area contributed by atoms with Crippen LogP contribution in [0.2, 0.25) is 5.02 Å². The van der Waals surface area contributed by atoms with E-state index in [1.165, 1.54) is 11.9 Å². The molecule has 3 N–H and O–H groups in total. The van der Waals surface area contributed by atoms with Crippen molar-refractivity contribution in [3.63, 3.8) is 0 Å². The number of fused-ring (bicyclic) bond motifs is 2. The van der Waals surface area contributed by atoms with E-state index in [1.807, 2.05) is 12.2 Å². The van der Waals surface area contributed by atoms with Gasteiger partial charge in [-0.25, -0.2) is 9.52 Å². The molecule has 248 valence electrons. The molecule has 0 unspecified atom stereocenters. The predicted octanol–water partition coefficient (Wildman–Crippen LogP) is 3.41. The molecular weight excluding hydrogens is 622 g/mol. The first-order valence-electron chi connectivity index (χ1n) is 15.4. The Morgan fingerprint density at radius 2 is 1.82 bits per heavy atom. The summed E-state index contributed by atoms with van der Waals surface area (Å²) in [7, 11) is -2.91. The maximum absolute atomic E-state index is 13.7. The van der Waals surface area contributed by atoms with Gasteiger partial charge in [-0.15, -0.1) is 0 Å². The molecule has 4 atom stereocenters. The summed E-state index contributed by atoms with van der Waals surface area (Å²) in [5.74, 6) is -2.16. The Bertz CT molecular complexity index is 1410. The molecule has 1 aromatic carbocycles. The number of amides is 4.